The van der Waals surface area contributed by atoms with Crippen molar-refractivity contribution in [3.05, 3.63) is 42.0 Å². The molecule has 0 unspecified atom stereocenters. The van der Waals surface area contributed by atoms with Gasteiger partial charge in [-0.3, -0.25) is 10.5 Å². The average Bonchev–Trinajstić information content (AvgIpc) is 2.39. The van der Waals surface area contributed by atoms with Gasteiger partial charge in [0.2, 0.25) is 0 Å². The molecule has 0 aliphatic rings. The van der Waals surface area contributed by atoms with E-state index in [0.717, 1.165) is 12.2 Å². The molecular formula is C15H20O3. The molecule has 3 nitrogen and oxygen atoms in total. The van der Waals surface area contributed by atoms with E-state index in [1.54, 1.807) is 7.11 Å². The molecule has 0 fully saturated rings. The van der Waals surface area contributed by atoms with Gasteiger partial charge in [0.15, 0.2) is 0 Å². The van der Waals surface area contributed by atoms with Gasteiger partial charge in [-0.2, -0.15) is 0 Å². The van der Waals surface area contributed by atoms with Gasteiger partial charge in [-0.15, -0.1) is 0 Å². The summed E-state index contributed by atoms with van der Waals surface area (Å²) in [6.45, 7) is 4.46. The van der Waals surface area contributed by atoms with Crippen LogP contribution in [0, 0.1) is 5.92 Å². The summed E-state index contributed by atoms with van der Waals surface area (Å²) in [6, 6.07) is 12.8. The minimum Gasteiger partial charge on any atom is -0.496 e. The molecule has 0 saturated heterocycles. The van der Waals surface area contributed by atoms with Gasteiger partial charge in [-0.05, 0) is 40.8 Å². The molecule has 0 aliphatic carbocycles. The van der Waals surface area contributed by atoms with Gasteiger partial charge in [0.1, 0.15) is 5.75 Å². The second-order valence-electron chi connectivity index (χ2n) is 4.61. The van der Waals surface area contributed by atoms with Crippen LogP contribution in [0.5, 0.6) is 5.75 Å². The molecule has 3 heteroatoms. The van der Waals surface area contributed by atoms with Crippen molar-refractivity contribution in [2.24, 2.45) is 5.92 Å². The first-order valence-corrected chi connectivity index (χ1v) is 5.96. The zero-order chi connectivity index (χ0) is 13.5. The zero-order valence-corrected chi connectivity index (χ0v) is 11.1. The fraction of sp³-hybridized carbons (Fsp3) is 0.333. The molecular weight excluding hydrogens is 228 g/mol. The van der Waals surface area contributed by atoms with Gasteiger partial charge in [0.05, 0.1) is 7.11 Å². The van der Waals surface area contributed by atoms with Crippen molar-refractivity contribution in [1.82, 2.24) is 0 Å². The summed E-state index contributed by atoms with van der Waals surface area (Å²) in [7, 11) is 1.74. The molecule has 0 radical (unpaired) electrons. The van der Waals surface area contributed by atoms with Crippen molar-refractivity contribution in [2.45, 2.75) is 20.3 Å². The summed E-state index contributed by atoms with van der Waals surface area (Å²) in [4.78, 5) is 0. The van der Waals surface area contributed by atoms with Gasteiger partial charge < -0.3 is 4.74 Å². The third kappa shape index (κ3) is 3.45. The lowest BCUT2D eigenvalue weighted by Gasteiger charge is -2.12. The van der Waals surface area contributed by atoms with Gasteiger partial charge in [-0.25, -0.2) is 0 Å². The highest BCUT2D eigenvalue weighted by atomic mass is 17.0. The quantitative estimate of drug-likeness (QED) is 0.636. The van der Waals surface area contributed by atoms with E-state index < -0.39 is 0 Å². The summed E-state index contributed by atoms with van der Waals surface area (Å²) in [5.74, 6) is 1.66. The van der Waals surface area contributed by atoms with E-state index in [0.29, 0.717) is 5.92 Å². The standard InChI is InChI=1S/C15H18O.H2O2/c1-11(2)8-14-9-12-6-4-5-7-13(12)10-15(14)16-3;1-2/h4-7,9-11H,8H2,1-3H3;1-2H. The minimum atomic E-state index is 0.648. The lowest BCUT2D eigenvalue weighted by Crippen LogP contribution is -1.98. The number of methoxy groups -OCH3 is 1. The van der Waals surface area contributed by atoms with Crippen molar-refractivity contribution in [1.29, 1.82) is 0 Å². The second kappa shape index (κ2) is 6.99. The number of fused-ring (bicyclic) bond motifs is 1. The van der Waals surface area contributed by atoms with Gasteiger partial charge in [-0.1, -0.05) is 38.1 Å². The summed E-state index contributed by atoms with van der Waals surface area (Å²) in [5.41, 5.74) is 1.30. The monoisotopic (exact) mass is 248 g/mol. The number of hydrogen-bond acceptors (Lipinski definition) is 3. The van der Waals surface area contributed by atoms with Gasteiger partial charge in [0, 0.05) is 0 Å². The molecule has 0 heterocycles. The molecule has 2 aromatic rings. The third-order valence-corrected chi connectivity index (χ3v) is 2.78. The Morgan fingerprint density at radius 2 is 1.61 bits per heavy atom. The maximum absolute atomic E-state index is 6.00. The fourth-order valence-electron chi connectivity index (χ4n) is 2.06. The predicted molar refractivity (Wildman–Crippen MR) is 74.3 cm³/mol. The minimum absolute atomic E-state index is 0.648. The van der Waals surface area contributed by atoms with Crippen LogP contribution in [0.2, 0.25) is 0 Å². The van der Waals surface area contributed by atoms with E-state index >= 15 is 0 Å². The van der Waals surface area contributed by atoms with Gasteiger partial charge in [0.25, 0.3) is 0 Å². The Hall–Kier alpha value is -1.58. The van der Waals surface area contributed by atoms with E-state index in [-0.39, 0.29) is 0 Å². The molecule has 0 spiro atoms. The van der Waals surface area contributed by atoms with Crippen LogP contribution in [-0.2, 0) is 6.42 Å². The van der Waals surface area contributed by atoms with Crippen LogP contribution < -0.4 is 4.74 Å². The Balaban J connectivity index is 0.000000771. The molecule has 0 atom stereocenters. The van der Waals surface area contributed by atoms with Crippen LogP contribution in [-0.4, -0.2) is 17.6 Å². The van der Waals surface area contributed by atoms with Crippen LogP contribution in [0.4, 0.5) is 0 Å². The van der Waals surface area contributed by atoms with Crippen molar-refractivity contribution in [2.75, 3.05) is 7.11 Å². The lowest BCUT2D eigenvalue weighted by molar-refractivity contribution is -0.176. The maximum Gasteiger partial charge on any atom is 0.122 e. The molecule has 0 saturated carbocycles. The van der Waals surface area contributed by atoms with Crippen molar-refractivity contribution >= 4 is 10.8 Å². The fourth-order valence-corrected chi connectivity index (χ4v) is 2.06. The average molecular weight is 248 g/mol. The number of hydrogen-bond donors (Lipinski definition) is 2. The molecule has 0 amide bonds. The van der Waals surface area contributed by atoms with Crippen LogP contribution >= 0.6 is 0 Å². The second-order valence-corrected chi connectivity index (χ2v) is 4.61. The van der Waals surface area contributed by atoms with E-state index in [4.69, 9.17) is 15.3 Å². The van der Waals surface area contributed by atoms with Crippen LogP contribution in [0.3, 0.4) is 0 Å². The summed E-state index contributed by atoms with van der Waals surface area (Å²) in [5, 5.41) is 14.5. The van der Waals surface area contributed by atoms with Crippen LogP contribution in [0.15, 0.2) is 36.4 Å². The normalized spacial score (nSPS) is 10.1. The molecule has 2 aromatic carbocycles. The first kappa shape index (κ1) is 14.5. The van der Waals surface area contributed by atoms with E-state index in [1.807, 2.05) is 0 Å². The van der Waals surface area contributed by atoms with E-state index in [1.165, 1.54) is 16.3 Å². The topological polar surface area (TPSA) is 49.7 Å². The molecule has 0 aromatic heterocycles. The first-order chi connectivity index (χ1) is 8.70. The Labute approximate surface area is 108 Å². The summed E-state index contributed by atoms with van der Waals surface area (Å²) in [6.07, 6.45) is 1.06. The molecule has 2 rings (SSSR count). The maximum atomic E-state index is 6.00. The Morgan fingerprint density at radius 1 is 1.06 bits per heavy atom. The molecule has 2 N–H and O–H groups in total. The predicted octanol–water partition coefficient (Wildman–Crippen LogP) is 4.06. The summed E-state index contributed by atoms with van der Waals surface area (Å²) >= 11 is 0. The number of ether oxygens (including phenoxy) is 1. The SMILES string of the molecule is COc1cc2ccccc2cc1CC(C)C.OO. The molecule has 0 bridgehead atoms. The van der Waals surface area contributed by atoms with E-state index in [2.05, 4.69) is 50.2 Å². The highest BCUT2D eigenvalue weighted by Crippen LogP contribution is 2.27. The Morgan fingerprint density at radius 3 is 2.11 bits per heavy atom. The third-order valence-electron chi connectivity index (χ3n) is 2.78. The highest BCUT2D eigenvalue weighted by Gasteiger charge is 2.06. The Bertz CT molecular complexity index is 492. The van der Waals surface area contributed by atoms with Gasteiger partial charge >= 0.3 is 0 Å². The number of benzene rings is 2. The van der Waals surface area contributed by atoms with Crippen molar-refractivity contribution in [3.63, 3.8) is 0 Å². The van der Waals surface area contributed by atoms with E-state index in [9.17, 15) is 0 Å². The molecule has 18 heavy (non-hydrogen) atoms. The van der Waals surface area contributed by atoms with Crippen molar-refractivity contribution in [3.8, 4) is 5.75 Å². The van der Waals surface area contributed by atoms with Crippen LogP contribution in [0.25, 0.3) is 10.8 Å². The lowest BCUT2D eigenvalue weighted by atomic mass is 9.98. The largest absolute Gasteiger partial charge is 0.496 e. The van der Waals surface area contributed by atoms with Crippen LogP contribution in [0.1, 0.15) is 19.4 Å². The summed E-state index contributed by atoms with van der Waals surface area (Å²) < 4.78 is 5.45. The molecule has 0 aliphatic heterocycles. The smallest absolute Gasteiger partial charge is 0.122 e. The first-order valence-electron chi connectivity index (χ1n) is 5.96. The highest BCUT2D eigenvalue weighted by molar-refractivity contribution is 5.85. The Kier molecular flexibility index (Phi) is 5.62. The van der Waals surface area contributed by atoms with Crippen molar-refractivity contribution < 1.29 is 15.3 Å². The molecule has 98 valence electrons. The number of rotatable bonds is 3. The zero-order valence-electron chi connectivity index (χ0n) is 11.1.